The van der Waals surface area contributed by atoms with Crippen LogP contribution in [0.1, 0.15) is 15.9 Å². The highest BCUT2D eigenvalue weighted by molar-refractivity contribution is 9.10. The van der Waals surface area contributed by atoms with E-state index in [4.69, 9.17) is 0 Å². The predicted octanol–water partition coefficient (Wildman–Crippen LogP) is 4.52. The van der Waals surface area contributed by atoms with Gasteiger partial charge in [-0.1, -0.05) is 33.8 Å². The molecule has 0 heterocycles. The Morgan fingerprint density at radius 2 is 2.00 bits per heavy atom. The van der Waals surface area contributed by atoms with E-state index >= 15 is 0 Å². The Morgan fingerprint density at radius 3 is 2.62 bits per heavy atom. The molecule has 1 N–H and O–H groups in total. The Labute approximate surface area is 133 Å². The van der Waals surface area contributed by atoms with E-state index in [-0.39, 0.29) is 11.3 Å². The van der Waals surface area contributed by atoms with E-state index in [1.165, 1.54) is 23.9 Å². The van der Waals surface area contributed by atoms with E-state index in [1.54, 1.807) is 31.2 Å². The molecule has 7 heteroatoms. The zero-order valence-electron chi connectivity index (χ0n) is 10.9. The molecular weight excluding hydrogens is 358 g/mol. The molecule has 0 fully saturated rings. The summed E-state index contributed by atoms with van der Waals surface area (Å²) in [4.78, 5) is 22.9. The number of hydrogen-bond donors (Lipinski definition) is 1. The molecule has 0 saturated carbocycles. The van der Waals surface area contributed by atoms with E-state index in [2.05, 4.69) is 15.9 Å². The van der Waals surface area contributed by atoms with Gasteiger partial charge < -0.3 is 5.11 Å². The van der Waals surface area contributed by atoms with Gasteiger partial charge in [0, 0.05) is 25.9 Å². The molecule has 0 aliphatic carbocycles. The molecule has 2 aromatic rings. The average molecular weight is 368 g/mol. The van der Waals surface area contributed by atoms with E-state index < -0.39 is 10.9 Å². The Bertz CT molecular complexity index is 733. The van der Waals surface area contributed by atoms with Crippen LogP contribution < -0.4 is 0 Å². The summed E-state index contributed by atoms with van der Waals surface area (Å²) in [5, 5.41) is 20.1. The minimum Gasteiger partial charge on any atom is -0.478 e. The lowest BCUT2D eigenvalue weighted by Gasteiger charge is -2.07. The van der Waals surface area contributed by atoms with Crippen LogP contribution in [0.5, 0.6) is 0 Å². The fraction of sp³-hybridized carbons (Fsp3) is 0.0714. The fourth-order valence-corrected chi connectivity index (χ4v) is 3.26. The lowest BCUT2D eigenvalue weighted by molar-refractivity contribution is -0.385. The first-order valence-corrected chi connectivity index (χ1v) is 7.45. The summed E-state index contributed by atoms with van der Waals surface area (Å²) in [6, 6.07) is 9.66. The van der Waals surface area contributed by atoms with Gasteiger partial charge in [0.15, 0.2) is 0 Å². The Morgan fingerprint density at radius 1 is 1.29 bits per heavy atom. The van der Waals surface area contributed by atoms with E-state index in [0.29, 0.717) is 15.4 Å². The molecule has 0 amide bonds. The zero-order chi connectivity index (χ0) is 15.6. The molecular formula is C14H10BrNO4S. The van der Waals surface area contributed by atoms with Crippen molar-refractivity contribution in [3.8, 4) is 0 Å². The quantitative estimate of drug-likeness (QED) is 0.634. The molecule has 0 atom stereocenters. The van der Waals surface area contributed by atoms with Crippen molar-refractivity contribution < 1.29 is 14.8 Å². The molecule has 0 aliphatic rings. The maximum absolute atomic E-state index is 11.2. The number of nitro benzene ring substituents is 1. The van der Waals surface area contributed by atoms with Crippen LogP contribution in [0, 0.1) is 17.0 Å². The molecule has 2 rings (SSSR count). The van der Waals surface area contributed by atoms with Crippen molar-refractivity contribution in [3.05, 3.63) is 62.1 Å². The van der Waals surface area contributed by atoms with Crippen LogP contribution in [-0.4, -0.2) is 16.0 Å². The third kappa shape index (κ3) is 3.62. The number of carbonyl (C=O) groups is 1. The number of halogens is 1. The van der Waals surface area contributed by atoms with Crippen molar-refractivity contribution in [2.24, 2.45) is 0 Å². The number of hydrogen-bond acceptors (Lipinski definition) is 4. The summed E-state index contributed by atoms with van der Waals surface area (Å²) in [6.07, 6.45) is 0. The van der Waals surface area contributed by atoms with Gasteiger partial charge in [-0.15, -0.1) is 0 Å². The van der Waals surface area contributed by atoms with Gasteiger partial charge in [0.2, 0.25) is 0 Å². The minimum atomic E-state index is -1.04. The van der Waals surface area contributed by atoms with Gasteiger partial charge in [0.05, 0.1) is 10.5 Å². The van der Waals surface area contributed by atoms with Crippen molar-refractivity contribution in [3.63, 3.8) is 0 Å². The highest BCUT2D eigenvalue weighted by atomic mass is 79.9. The van der Waals surface area contributed by atoms with Crippen LogP contribution in [0.25, 0.3) is 0 Å². The van der Waals surface area contributed by atoms with Crippen LogP contribution in [0.3, 0.4) is 0 Å². The molecule has 0 aliphatic heterocycles. The first-order chi connectivity index (χ1) is 9.88. The summed E-state index contributed by atoms with van der Waals surface area (Å²) < 4.78 is 0.747. The second kappa shape index (κ2) is 6.28. The van der Waals surface area contributed by atoms with Gasteiger partial charge in [0.25, 0.3) is 5.69 Å². The minimum absolute atomic E-state index is 0.0203. The van der Waals surface area contributed by atoms with Gasteiger partial charge in [-0.25, -0.2) is 4.79 Å². The molecule has 108 valence electrons. The summed E-state index contributed by atoms with van der Waals surface area (Å²) in [7, 11) is 0. The topological polar surface area (TPSA) is 80.4 Å². The Kier molecular flexibility index (Phi) is 4.64. The van der Waals surface area contributed by atoms with E-state index in [0.717, 1.165) is 4.47 Å². The number of nitro groups is 1. The average Bonchev–Trinajstić information content (AvgIpc) is 2.40. The van der Waals surface area contributed by atoms with Crippen LogP contribution in [0.2, 0.25) is 0 Å². The third-order valence-electron chi connectivity index (χ3n) is 2.78. The molecule has 2 aromatic carbocycles. The van der Waals surface area contributed by atoms with Crippen LogP contribution in [-0.2, 0) is 0 Å². The second-order valence-electron chi connectivity index (χ2n) is 4.25. The summed E-state index contributed by atoms with van der Waals surface area (Å²) in [5.41, 5.74) is 0.746. The van der Waals surface area contributed by atoms with Crippen LogP contribution in [0.4, 0.5) is 5.69 Å². The number of aromatic carboxylic acids is 1. The Balaban J connectivity index is 2.43. The molecule has 0 aromatic heterocycles. The van der Waals surface area contributed by atoms with E-state index in [1.807, 2.05) is 0 Å². The van der Waals surface area contributed by atoms with Crippen molar-refractivity contribution >= 4 is 39.3 Å². The standard InChI is InChI=1S/C14H10BrNO4S/c1-8-2-4-10(7-12(8)16(19)20)21-13-6-9(15)3-5-11(13)14(17)18/h2-7H,1H3,(H,17,18). The number of benzene rings is 2. The maximum atomic E-state index is 11.2. The number of nitrogens with zero attached hydrogens (tertiary/aromatic N) is 1. The SMILES string of the molecule is Cc1ccc(Sc2cc(Br)ccc2C(=O)O)cc1[N+](=O)[O-]. The zero-order valence-corrected chi connectivity index (χ0v) is 13.3. The molecule has 0 unspecified atom stereocenters. The maximum Gasteiger partial charge on any atom is 0.336 e. The smallest absolute Gasteiger partial charge is 0.336 e. The monoisotopic (exact) mass is 367 g/mol. The molecule has 0 saturated heterocycles. The number of rotatable bonds is 4. The number of carboxylic acid groups (broad SMARTS) is 1. The van der Waals surface area contributed by atoms with Crippen molar-refractivity contribution in [2.45, 2.75) is 16.7 Å². The first-order valence-electron chi connectivity index (χ1n) is 5.84. The van der Waals surface area contributed by atoms with Crippen molar-refractivity contribution in [1.82, 2.24) is 0 Å². The molecule has 0 spiro atoms. The van der Waals surface area contributed by atoms with Crippen LogP contribution >= 0.6 is 27.7 Å². The van der Waals surface area contributed by atoms with E-state index in [9.17, 15) is 20.0 Å². The van der Waals surface area contributed by atoms with Gasteiger partial charge in [0.1, 0.15) is 0 Å². The summed E-state index contributed by atoms with van der Waals surface area (Å²) in [6.45, 7) is 1.66. The third-order valence-corrected chi connectivity index (χ3v) is 4.32. The van der Waals surface area contributed by atoms with Crippen molar-refractivity contribution in [2.75, 3.05) is 0 Å². The van der Waals surface area contributed by atoms with Gasteiger partial charge in [-0.2, -0.15) is 0 Å². The molecule has 0 radical (unpaired) electrons. The fourth-order valence-electron chi connectivity index (χ4n) is 1.73. The normalized spacial score (nSPS) is 10.4. The highest BCUT2D eigenvalue weighted by Crippen LogP contribution is 2.35. The van der Waals surface area contributed by atoms with Gasteiger partial charge in [-0.05, 0) is 31.2 Å². The van der Waals surface area contributed by atoms with Crippen LogP contribution in [0.15, 0.2) is 50.7 Å². The van der Waals surface area contributed by atoms with Crippen molar-refractivity contribution in [1.29, 1.82) is 0 Å². The lowest BCUT2D eigenvalue weighted by Crippen LogP contribution is -1.98. The Hall–Kier alpha value is -1.86. The predicted molar refractivity (Wildman–Crippen MR) is 83.1 cm³/mol. The number of carboxylic acids is 1. The second-order valence-corrected chi connectivity index (χ2v) is 6.28. The molecule has 5 nitrogen and oxygen atoms in total. The van der Waals surface area contributed by atoms with Gasteiger partial charge >= 0.3 is 5.97 Å². The molecule has 21 heavy (non-hydrogen) atoms. The van der Waals surface area contributed by atoms with Gasteiger partial charge in [-0.3, -0.25) is 10.1 Å². The largest absolute Gasteiger partial charge is 0.478 e. The summed E-state index contributed by atoms with van der Waals surface area (Å²) >= 11 is 4.48. The number of aryl methyl sites for hydroxylation is 1. The highest BCUT2D eigenvalue weighted by Gasteiger charge is 2.15. The first kappa shape index (κ1) is 15.5. The molecule has 0 bridgehead atoms. The summed E-state index contributed by atoms with van der Waals surface area (Å²) in [5.74, 6) is -1.04. The lowest BCUT2D eigenvalue weighted by atomic mass is 10.2.